The van der Waals surface area contributed by atoms with Crippen molar-refractivity contribution in [3.63, 3.8) is 0 Å². The van der Waals surface area contributed by atoms with Gasteiger partial charge < -0.3 is 4.74 Å². The molecule has 1 atom stereocenters. The van der Waals surface area contributed by atoms with E-state index in [1.165, 1.54) is 6.07 Å². The standard InChI is InChI=1S/C12H18BrFN2O/c1-17-7-3-5-10(16-15)8-9-4-2-6-11(14)12(9)13/h2,4,6,10,16H,3,5,7-8,15H2,1H3. The van der Waals surface area contributed by atoms with Gasteiger partial charge in [-0.3, -0.25) is 11.3 Å². The van der Waals surface area contributed by atoms with Crippen molar-refractivity contribution in [2.24, 2.45) is 5.84 Å². The van der Waals surface area contributed by atoms with Crippen LogP contribution in [0.15, 0.2) is 22.7 Å². The first-order valence-corrected chi connectivity index (χ1v) is 6.36. The highest BCUT2D eigenvalue weighted by molar-refractivity contribution is 9.10. The number of methoxy groups -OCH3 is 1. The number of rotatable bonds is 7. The number of ether oxygens (including phenoxy) is 1. The third-order valence-electron chi connectivity index (χ3n) is 2.63. The highest BCUT2D eigenvalue weighted by atomic mass is 79.9. The van der Waals surface area contributed by atoms with Crippen molar-refractivity contribution in [2.75, 3.05) is 13.7 Å². The van der Waals surface area contributed by atoms with Crippen LogP contribution < -0.4 is 11.3 Å². The van der Waals surface area contributed by atoms with E-state index in [2.05, 4.69) is 21.4 Å². The zero-order chi connectivity index (χ0) is 12.7. The van der Waals surface area contributed by atoms with Gasteiger partial charge in [-0.25, -0.2) is 4.39 Å². The Kier molecular flexibility index (Phi) is 6.65. The Morgan fingerprint density at radius 2 is 2.29 bits per heavy atom. The Bertz CT molecular complexity index is 349. The molecule has 0 aliphatic carbocycles. The number of nitrogens with two attached hydrogens (primary N) is 1. The first-order valence-electron chi connectivity index (χ1n) is 5.57. The normalized spacial score (nSPS) is 12.7. The Balaban J connectivity index is 2.57. The Morgan fingerprint density at radius 3 is 2.94 bits per heavy atom. The van der Waals surface area contributed by atoms with Crippen LogP contribution in [0.5, 0.6) is 0 Å². The summed E-state index contributed by atoms with van der Waals surface area (Å²) in [6, 6.07) is 5.17. The Morgan fingerprint density at radius 1 is 1.53 bits per heavy atom. The largest absolute Gasteiger partial charge is 0.385 e. The summed E-state index contributed by atoms with van der Waals surface area (Å²) in [5.74, 6) is 5.25. The number of benzene rings is 1. The first-order chi connectivity index (χ1) is 8.19. The van der Waals surface area contributed by atoms with E-state index in [9.17, 15) is 4.39 Å². The molecule has 0 saturated carbocycles. The van der Waals surface area contributed by atoms with Gasteiger partial charge in [-0.1, -0.05) is 12.1 Å². The molecular formula is C12H18BrFN2O. The SMILES string of the molecule is COCCCC(Cc1cccc(F)c1Br)NN. The molecule has 0 amide bonds. The maximum absolute atomic E-state index is 13.3. The lowest BCUT2D eigenvalue weighted by Gasteiger charge is -2.16. The molecule has 1 aromatic carbocycles. The molecule has 5 heteroatoms. The van der Waals surface area contributed by atoms with Crippen LogP contribution in [0.2, 0.25) is 0 Å². The molecular weight excluding hydrogens is 287 g/mol. The molecule has 0 aliphatic heterocycles. The van der Waals surface area contributed by atoms with Gasteiger partial charge in [0.15, 0.2) is 0 Å². The van der Waals surface area contributed by atoms with Gasteiger partial charge in [0.25, 0.3) is 0 Å². The van der Waals surface area contributed by atoms with Crippen molar-refractivity contribution in [1.82, 2.24) is 5.43 Å². The van der Waals surface area contributed by atoms with Crippen LogP contribution in [0.1, 0.15) is 18.4 Å². The number of hydrogen-bond donors (Lipinski definition) is 2. The molecule has 0 fully saturated rings. The van der Waals surface area contributed by atoms with Crippen LogP contribution in [0.4, 0.5) is 4.39 Å². The highest BCUT2D eigenvalue weighted by Crippen LogP contribution is 2.22. The minimum Gasteiger partial charge on any atom is -0.385 e. The van der Waals surface area contributed by atoms with E-state index in [0.29, 0.717) is 17.5 Å². The predicted octanol–water partition coefficient (Wildman–Crippen LogP) is 2.39. The summed E-state index contributed by atoms with van der Waals surface area (Å²) in [7, 11) is 1.67. The van der Waals surface area contributed by atoms with Gasteiger partial charge in [0.05, 0.1) is 4.47 Å². The summed E-state index contributed by atoms with van der Waals surface area (Å²) in [6.45, 7) is 0.711. The molecule has 0 saturated heterocycles. The fourth-order valence-corrected chi connectivity index (χ4v) is 2.12. The second-order valence-corrected chi connectivity index (χ2v) is 4.71. The molecule has 1 rings (SSSR count). The molecule has 0 radical (unpaired) electrons. The monoisotopic (exact) mass is 304 g/mol. The number of halogens is 2. The maximum Gasteiger partial charge on any atom is 0.137 e. The molecule has 1 aromatic rings. The van der Waals surface area contributed by atoms with Crippen molar-refractivity contribution in [2.45, 2.75) is 25.3 Å². The quantitative estimate of drug-likeness (QED) is 0.462. The average Bonchev–Trinajstić information content (AvgIpc) is 2.33. The molecule has 1 unspecified atom stereocenters. The van der Waals surface area contributed by atoms with Crippen molar-refractivity contribution in [3.05, 3.63) is 34.1 Å². The predicted molar refractivity (Wildman–Crippen MR) is 70.0 cm³/mol. The first kappa shape index (κ1) is 14.6. The Labute approximate surface area is 110 Å². The molecule has 0 spiro atoms. The summed E-state index contributed by atoms with van der Waals surface area (Å²) in [6.07, 6.45) is 2.52. The van der Waals surface area contributed by atoms with Crippen molar-refractivity contribution < 1.29 is 9.13 Å². The fourth-order valence-electron chi connectivity index (χ4n) is 1.69. The highest BCUT2D eigenvalue weighted by Gasteiger charge is 2.11. The summed E-state index contributed by atoms with van der Waals surface area (Å²) < 4.78 is 18.8. The third-order valence-corrected chi connectivity index (χ3v) is 3.52. The van der Waals surface area contributed by atoms with Gasteiger partial charge in [-0.2, -0.15) is 0 Å². The number of hydrogen-bond acceptors (Lipinski definition) is 3. The van der Waals surface area contributed by atoms with Gasteiger partial charge in [0, 0.05) is 19.8 Å². The van der Waals surface area contributed by atoms with Crippen molar-refractivity contribution in [3.8, 4) is 0 Å². The van der Waals surface area contributed by atoms with Gasteiger partial charge in [0.2, 0.25) is 0 Å². The van der Waals surface area contributed by atoms with Crippen LogP contribution in [0.3, 0.4) is 0 Å². The molecule has 0 bridgehead atoms. The lowest BCUT2D eigenvalue weighted by Crippen LogP contribution is -2.37. The van der Waals surface area contributed by atoms with E-state index in [1.807, 2.05) is 6.07 Å². The van der Waals surface area contributed by atoms with Crippen LogP contribution in [-0.2, 0) is 11.2 Å². The molecule has 0 heterocycles. The summed E-state index contributed by atoms with van der Waals surface area (Å²) >= 11 is 3.25. The van der Waals surface area contributed by atoms with Crippen molar-refractivity contribution >= 4 is 15.9 Å². The van der Waals surface area contributed by atoms with Gasteiger partial charge in [-0.15, -0.1) is 0 Å². The smallest absolute Gasteiger partial charge is 0.137 e. The molecule has 0 aromatic heterocycles. The maximum atomic E-state index is 13.3. The number of hydrazine groups is 1. The van der Waals surface area contributed by atoms with Crippen molar-refractivity contribution in [1.29, 1.82) is 0 Å². The van der Waals surface area contributed by atoms with E-state index in [1.54, 1.807) is 13.2 Å². The van der Waals surface area contributed by atoms with E-state index in [-0.39, 0.29) is 11.9 Å². The second kappa shape index (κ2) is 7.76. The zero-order valence-electron chi connectivity index (χ0n) is 9.88. The van der Waals surface area contributed by atoms with Gasteiger partial charge >= 0.3 is 0 Å². The van der Waals surface area contributed by atoms with Crippen LogP contribution in [0, 0.1) is 5.82 Å². The minimum absolute atomic E-state index is 0.128. The van der Waals surface area contributed by atoms with Gasteiger partial charge in [0.1, 0.15) is 5.82 Å². The van der Waals surface area contributed by atoms with E-state index < -0.39 is 0 Å². The lowest BCUT2D eigenvalue weighted by atomic mass is 10.0. The van der Waals surface area contributed by atoms with E-state index in [4.69, 9.17) is 10.6 Å². The second-order valence-electron chi connectivity index (χ2n) is 3.92. The topological polar surface area (TPSA) is 47.3 Å². The molecule has 3 N–H and O–H groups in total. The lowest BCUT2D eigenvalue weighted by molar-refractivity contribution is 0.188. The van der Waals surface area contributed by atoms with Crippen LogP contribution >= 0.6 is 15.9 Å². The van der Waals surface area contributed by atoms with E-state index in [0.717, 1.165) is 18.4 Å². The van der Waals surface area contributed by atoms with E-state index >= 15 is 0 Å². The van der Waals surface area contributed by atoms with Crippen LogP contribution in [-0.4, -0.2) is 19.8 Å². The van der Waals surface area contributed by atoms with Gasteiger partial charge in [-0.05, 0) is 46.8 Å². The zero-order valence-corrected chi connectivity index (χ0v) is 11.5. The average molecular weight is 305 g/mol. The number of nitrogens with one attached hydrogen (secondary N) is 1. The van der Waals surface area contributed by atoms with Crippen LogP contribution in [0.25, 0.3) is 0 Å². The molecule has 17 heavy (non-hydrogen) atoms. The Hall–Kier alpha value is -0.490. The third kappa shape index (κ3) is 4.71. The summed E-state index contributed by atoms with van der Waals surface area (Å²) in [5, 5.41) is 0. The summed E-state index contributed by atoms with van der Waals surface area (Å²) in [4.78, 5) is 0. The summed E-state index contributed by atoms with van der Waals surface area (Å²) in [5.41, 5.74) is 3.68. The molecule has 3 nitrogen and oxygen atoms in total. The molecule has 96 valence electrons. The fraction of sp³-hybridized carbons (Fsp3) is 0.500. The molecule has 0 aliphatic rings. The minimum atomic E-state index is -0.241.